The van der Waals surface area contributed by atoms with Crippen molar-refractivity contribution in [1.29, 1.82) is 0 Å². The first-order chi connectivity index (χ1) is 6.43. The Labute approximate surface area is 88.1 Å². The minimum atomic E-state index is -1.72. The van der Waals surface area contributed by atoms with Gasteiger partial charge in [0.2, 0.25) is 0 Å². The van der Waals surface area contributed by atoms with Gasteiger partial charge in [-0.05, 0) is 0 Å². The number of aliphatic hydroxyl groups is 1. The molecule has 0 aliphatic rings. The molecule has 1 unspecified atom stereocenters. The first-order valence-electron chi connectivity index (χ1n) is 3.54. The molecule has 14 heavy (non-hydrogen) atoms. The zero-order valence-electron chi connectivity index (χ0n) is 6.65. The molecule has 0 aromatic heterocycles. The van der Waals surface area contributed by atoms with Gasteiger partial charge in [-0.1, -0.05) is 0 Å². The molecule has 1 nitrogen and oxygen atoms in total. The van der Waals surface area contributed by atoms with Crippen LogP contribution in [0.5, 0.6) is 0 Å². The lowest BCUT2D eigenvalue weighted by Crippen LogP contribution is -2.11. The SMILES string of the molecule is OC(c1c(F)cc(F)cc1F)C(Cl)Cl. The number of hydrogen-bond donors (Lipinski definition) is 1. The highest BCUT2D eigenvalue weighted by Crippen LogP contribution is 2.28. The average Bonchev–Trinajstić information content (AvgIpc) is 2.01. The van der Waals surface area contributed by atoms with E-state index >= 15 is 0 Å². The van der Waals surface area contributed by atoms with E-state index in [1.807, 2.05) is 0 Å². The van der Waals surface area contributed by atoms with Crippen LogP contribution in [0.4, 0.5) is 13.2 Å². The van der Waals surface area contributed by atoms with Gasteiger partial charge in [-0.25, -0.2) is 13.2 Å². The summed E-state index contributed by atoms with van der Waals surface area (Å²) in [6.45, 7) is 0. The molecule has 6 heteroatoms. The summed E-state index contributed by atoms with van der Waals surface area (Å²) in [5, 5.41) is 9.18. The summed E-state index contributed by atoms with van der Waals surface area (Å²) in [7, 11) is 0. The zero-order valence-corrected chi connectivity index (χ0v) is 8.16. The third-order valence-electron chi connectivity index (χ3n) is 1.58. The second-order valence-electron chi connectivity index (χ2n) is 2.56. The van der Waals surface area contributed by atoms with Crippen molar-refractivity contribution in [3.8, 4) is 0 Å². The van der Waals surface area contributed by atoms with Crippen molar-refractivity contribution in [1.82, 2.24) is 0 Å². The lowest BCUT2D eigenvalue weighted by atomic mass is 10.1. The molecular weight excluding hydrogens is 240 g/mol. The molecular formula is C8H5Cl2F3O. The van der Waals surface area contributed by atoms with E-state index in [2.05, 4.69) is 0 Å². The molecule has 0 spiro atoms. The summed E-state index contributed by atoms with van der Waals surface area (Å²) in [4.78, 5) is -1.38. The van der Waals surface area contributed by atoms with Gasteiger partial charge in [-0.2, -0.15) is 0 Å². The van der Waals surface area contributed by atoms with Gasteiger partial charge >= 0.3 is 0 Å². The lowest BCUT2D eigenvalue weighted by molar-refractivity contribution is 0.182. The normalized spacial score (nSPS) is 13.4. The number of benzene rings is 1. The van der Waals surface area contributed by atoms with E-state index in [9.17, 15) is 18.3 Å². The minimum Gasteiger partial charge on any atom is -0.385 e. The van der Waals surface area contributed by atoms with Crippen molar-refractivity contribution in [2.45, 2.75) is 10.9 Å². The quantitative estimate of drug-likeness (QED) is 0.794. The van der Waals surface area contributed by atoms with Gasteiger partial charge in [0, 0.05) is 12.1 Å². The molecule has 0 amide bonds. The third-order valence-corrected chi connectivity index (χ3v) is 2.06. The Kier molecular flexibility index (Phi) is 3.64. The molecule has 0 saturated carbocycles. The van der Waals surface area contributed by atoms with E-state index in [0.29, 0.717) is 12.1 Å². The van der Waals surface area contributed by atoms with Crippen LogP contribution in [0.2, 0.25) is 0 Å². The molecule has 1 N–H and O–H groups in total. The highest BCUT2D eigenvalue weighted by Gasteiger charge is 2.24. The molecule has 78 valence electrons. The Hall–Kier alpha value is -0.450. The number of rotatable bonds is 2. The molecule has 0 bridgehead atoms. The molecule has 1 rings (SSSR count). The van der Waals surface area contributed by atoms with Crippen LogP contribution in [0.15, 0.2) is 12.1 Å². The Morgan fingerprint density at radius 1 is 1.07 bits per heavy atom. The highest BCUT2D eigenvalue weighted by atomic mass is 35.5. The second kappa shape index (κ2) is 4.38. The van der Waals surface area contributed by atoms with Gasteiger partial charge in [0.25, 0.3) is 0 Å². The van der Waals surface area contributed by atoms with Gasteiger partial charge in [0.05, 0.1) is 5.56 Å². The number of halogens is 5. The third kappa shape index (κ3) is 2.32. The molecule has 0 radical (unpaired) electrons. The summed E-state index contributed by atoms with van der Waals surface area (Å²) in [6.07, 6.45) is -1.72. The van der Waals surface area contributed by atoms with Crippen LogP contribution in [0, 0.1) is 17.5 Å². The van der Waals surface area contributed by atoms with Crippen LogP contribution in [0.3, 0.4) is 0 Å². The van der Waals surface area contributed by atoms with Gasteiger partial charge < -0.3 is 5.11 Å². The van der Waals surface area contributed by atoms with Crippen LogP contribution < -0.4 is 0 Å². The van der Waals surface area contributed by atoms with Gasteiger partial charge in [-0.15, -0.1) is 23.2 Å². The smallest absolute Gasteiger partial charge is 0.137 e. The van der Waals surface area contributed by atoms with E-state index in [0.717, 1.165) is 0 Å². The molecule has 1 aromatic rings. The molecule has 0 aliphatic carbocycles. The van der Waals surface area contributed by atoms with Crippen LogP contribution in [0.25, 0.3) is 0 Å². The summed E-state index contributed by atoms with van der Waals surface area (Å²) in [6, 6.07) is 0.885. The minimum absolute atomic E-state index is 0.442. The number of hydrogen-bond acceptors (Lipinski definition) is 1. The molecule has 1 aromatic carbocycles. The maximum Gasteiger partial charge on any atom is 0.137 e. The second-order valence-corrected chi connectivity index (χ2v) is 3.73. The van der Waals surface area contributed by atoms with Crippen molar-refractivity contribution in [3.05, 3.63) is 35.1 Å². The van der Waals surface area contributed by atoms with E-state index in [1.54, 1.807) is 0 Å². The Morgan fingerprint density at radius 2 is 1.50 bits per heavy atom. The van der Waals surface area contributed by atoms with E-state index in [1.165, 1.54) is 0 Å². The Balaban J connectivity index is 3.20. The van der Waals surface area contributed by atoms with Crippen molar-refractivity contribution in [2.75, 3.05) is 0 Å². The topological polar surface area (TPSA) is 20.2 Å². The van der Waals surface area contributed by atoms with Crippen molar-refractivity contribution in [3.63, 3.8) is 0 Å². The molecule has 0 saturated heterocycles. The van der Waals surface area contributed by atoms with Gasteiger partial charge in [0.1, 0.15) is 28.4 Å². The van der Waals surface area contributed by atoms with Crippen molar-refractivity contribution in [2.24, 2.45) is 0 Å². The van der Waals surface area contributed by atoms with Gasteiger partial charge in [-0.3, -0.25) is 0 Å². The Bertz CT molecular complexity index is 320. The summed E-state index contributed by atoms with van der Waals surface area (Å²) in [5.41, 5.74) is -0.735. The fourth-order valence-corrected chi connectivity index (χ4v) is 1.21. The predicted molar refractivity (Wildman–Crippen MR) is 46.8 cm³/mol. The van der Waals surface area contributed by atoms with Crippen LogP contribution in [0.1, 0.15) is 11.7 Å². The van der Waals surface area contributed by atoms with E-state index in [-0.39, 0.29) is 0 Å². The fourth-order valence-electron chi connectivity index (χ4n) is 0.962. The van der Waals surface area contributed by atoms with Crippen molar-refractivity contribution >= 4 is 23.2 Å². The monoisotopic (exact) mass is 244 g/mol. The molecule has 0 heterocycles. The predicted octanol–water partition coefficient (Wildman–Crippen LogP) is 2.94. The molecule has 0 aliphatic heterocycles. The number of alkyl halides is 2. The van der Waals surface area contributed by atoms with Crippen LogP contribution in [-0.4, -0.2) is 9.94 Å². The Morgan fingerprint density at radius 3 is 1.86 bits per heavy atom. The summed E-state index contributed by atoms with van der Waals surface area (Å²) in [5.74, 6) is -3.51. The van der Waals surface area contributed by atoms with Crippen molar-refractivity contribution < 1.29 is 18.3 Å². The maximum absolute atomic E-state index is 13.0. The standard InChI is InChI=1S/C8H5Cl2F3O/c9-8(10)7(14)6-4(12)1-3(11)2-5(6)13/h1-2,7-8,14H. The van der Waals surface area contributed by atoms with Gasteiger partial charge in [0.15, 0.2) is 0 Å². The fraction of sp³-hybridized carbons (Fsp3) is 0.250. The summed E-state index contributed by atoms with van der Waals surface area (Å²) >= 11 is 10.5. The highest BCUT2D eigenvalue weighted by molar-refractivity contribution is 6.44. The molecule has 1 atom stereocenters. The lowest BCUT2D eigenvalue weighted by Gasteiger charge is -2.13. The molecule has 0 fully saturated rings. The van der Waals surface area contributed by atoms with E-state index in [4.69, 9.17) is 23.2 Å². The van der Waals surface area contributed by atoms with E-state index < -0.39 is 34.0 Å². The zero-order chi connectivity index (χ0) is 10.9. The van der Waals surface area contributed by atoms with Crippen LogP contribution in [-0.2, 0) is 0 Å². The maximum atomic E-state index is 13.0. The first-order valence-corrected chi connectivity index (χ1v) is 4.41. The average molecular weight is 245 g/mol. The van der Waals surface area contributed by atoms with Crippen LogP contribution >= 0.6 is 23.2 Å². The number of aliphatic hydroxyl groups excluding tert-OH is 1. The largest absolute Gasteiger partial charge is 0.385 e. The first kappa shape index (κ1) is 11.6. The summed E-state index contributed by atoms with van der Waals surface area (Å²) < 4.78 is 38.4.